The summed E-state index contributed by atoms with van der Waals surface area (Å²) in [5.41, 5.74) is 0. The van der Waals surface area contributed by atoms with Crippen LogP contribution in [0.15, 0.2) is 36.5 Å². The minimum Gasteiger partial charge on any atom is -0.466 e. The SMILES string of the molecule is CCCC/C=C\C/C=C\CCCCCCCC(=O)OCCCC/C=C\CCCCCCC(=O)NC(CO)C(O)CCCCCCCCCCCCCCCC. The molecule has 55 heavy (non-hydrogen) atoms. The van der Waals surface area contributed by atoms with Gasteiger partial charge >= 0.3 is 5.97 Å². The van der Waals surface area contributed by atoms with Crippen molar-refractivity contribution in [2.24, 2.45) is 0 Å². The van der Waals surface area contributed by atoms with E-state index in [2.05, 4.69) is 55.6 Å². The predicted molar refractivity (Wildman–Crippen MR) is 236 cm³/mol. The first-order valence-electron chi connectivity index (χ1n) is 23.7. The highest BCUT2D eigenvalue weighted by Crippen LogP contribution is 2.15. The molecule has 2 atom stereocenters. The first-order valence-corrected chi connectivity index (χ1v) is 23.7. The van der Waals surface area contributed by atoms with E-state index in [1.165, 1.54) is 116 Å². The van der Waals surface area contributed by atoms with Gasteiger partial charge in [0.1, 0.15) is 0 Å². The molecule has 0 aliphatic heterocycles. The molecule has 6 heteroatoms. The Bertz CT molecular complexity index is 900. The van der Waals surface area contributed by atoms with Gasteiger partial charge in [0.15, 0.2) is 0 Å². The molecular formula is C49H91NO5. The van der Waals surface area contributed by atoms with Crippen molar-refractivity contribution in [1.82, 2.24) is 5.32 Å². The largest absolute Gasteiger partial charge is 0.466 e. The van der Waals surface area contributed by atoms with E-state index in [9.17, 15) is 19.8 Å². The van der Waals surface area contributed by atoms with Gasteiger partial charge in [0.2, 0.25) is 5.91 Å². The molecule has 0 saturated carbocycles. The molecule has 0 fully saturated rings. The molecule has 3 N–H and O–H groups in total. The van der Waals surface area contributed by atoms with Crippen LogP contribution in [0.3, 0.4) is 0 Å². The number of aliphatic hydroxyl groups is 2. The molecule has 0 heterocycles. The average molecular weight is 774 g/mol. The fourth-order valence-electron chi connectivity index (χ4n) is 6.94. The van der Waals surface area contributed by atoms with Crippen LogP contribution in [0.4, 0.5) is 0 Å². The number of unbranched alkanes of at least 4 members (excludes halogenated alkanes) is 26. The molecule has 0 aromatic carbocycles. The van der Waals surface area contributed by atoms with Gasteiger partial charge in [0, 0.05) is 12.8 Å². The summed E-state index contributed by atoms with van der Waals surface area (Å²) in [5, 5.41) is 23.1. The molecule has 0 aliphatic carbocycles. The quantitative estimate of drug-likeness (QED) is 0.0326. The number of amides is 1. The van der Waals surface area contributed by atoms with Crippen molar-refractivity contribution in [2.75, 3.05) is 13.2 Å². The van der Waals surface area contributed by atoms with Gasteiger partial charge in [-0.25, -0.2) is 0 Å². The number of esters is 1. The third kappa shape index (κ3) is 41.5. The number of aliphatic hydroxyl groups excluding tert-OH is 2. The van der Waals surface area contributed by atoms with Crippen LogP contribution in [0.25, 0.3) is 0 Å². The van der Waals surface area contributed by atoms with Crippen LogP contribution in [0, 0.1) is 0 Å². The number of carbonyl (C=O) groups is 2. The normalized spacial score (nSPS) is 13.0. The van der Waals surface area contributed by atoms with Gasteiger partial charge in [0.05, 0.1) is 25.4 Å². The average Bonchev–Trinajstić information content (AvgIpc) is 3.18. The van der Waals surface area contributed by atoms with Crippen molar-refractivity contribution < 1.29 is 24.5 Å². The van der Waals surface area contributed by atoms with Gasteiger partial charge in [-0.05, 0) is 77.0 Å². The molecule has 0 saturated heterocycles. The molecule has 0 rings (SSSR count). The monoisotopic (exact) mass is 774 g/mol. The van der Waals surface area contributed by atoms with E-state index in [1.54, 1.807) is 0 Å². The Balaban J connectivity index is 3.56. The molecule has 0 bridgehead atoms. The molecule has 1 amide bonds. The lowest BCUT2D eigenvalue weighted by Crippen LogP contribution is -2.45. The molecule has 0 aromatic rings. The Hall–Kier alpha value is -1.92. The lowest BCUT2D eigenvalue weighted by Gasteiger charge is -2.22. The third-order valence-corrected chi connectivity index (χ3v) is 10.7. The van der Waals surface area contributed by atoms with E-state index in [4.69, 9.17) is 4.74 Å². The van der Waals surface area contributed by atoms with E-state index in [1.807, 2.05) is 0 Å². The zero-order valence-electron chi connectivity index (χ0n) is 36.4. The molecule has 322 valence electrons. The summed E-state index contributed by atoms with van der Waals surface area (Å²) in [5.74, 6) is -0.125. The Morgan fingerprint density at radius 1 is 0.509 bits per heavy atom. The zero-order valence-corrected chi connectivity index (χ0v) is 36.4. The molecule has 0 radical (unpaired) electrons. The van der Waals surface area contributed by atoms with Crippen molar-refractivity contribution in [2.45, 2.75) is 251 Å². The minimum absolute atomic E-state index is 0.0517. The lowest BCUT2D eigenvalue weighted by atomic mass is 10.0. The van der Waals surface area contributed by atoms with Crippen LogP contribution < -0.4 is 5.32 Å². The molecule has 6 nitrogen and oxygen atoms in total. The van der Waals surface area contributed by atoms with Gasteiger partial charge in [-0.15, -0.1) is 0 Å². The third-order valence-electron chi connectivity index (χ3n) is 10.7. The van der Waals surface area contributed by atoms with E-state index >= 15 is 0 Å². The van der Waals surface area contributed by atoms with Crippen LogP contribution in [-0.4, -0.2) is 47.4 Å². The zero-order chi connectivity index (χ0) is 40.1. The summed E-state index contributed by atoms with van der Waals surface area (Å²) in [4.78, 5) is 24.4. The van der Waals surface area contributed by atoms with Gasteiger partial charge in [0.25, 0.3) is 0 Å². The molecular weight excluding hydrogens is 683 g/mol. The topological polar surface area (TPSA) is 95.9 Å². The maximum absolute atomic E-state index is 12.4. The Morgan fingerprint density at radius 2 is 0.927 bits per heavy atom. The van der Waals surface area contributed by atoms with Crippen LogP contribution in [0.5, 0.6) is 0 Å². The van der Waals surface area contributed by atoms with Crippen molar-refractivity contribution in [3.63, 3.8) is 0 Å². The highest BCUT2D eigenvalue weighted by Gasteiger charge is 2.20. The second-order valence-electron chi connectivity index (χ2n) is 16.1. The van der Waals surface area contributed by atoms with Crippen molar-refractivity contribution in [3.05, 3.63) is 36.5 Å². The van der Waals surface area contributed by atoms with Crippen LogP contribution in [0.1, 0.15) is 239 Å². The molecule has 2 unspecified atom stereocenters. The Labute approximate surface area is 341 Å². The van der Waals surface area contributed by atoms with E-state index in [0.717, 1.165) is 89.9 Å². The second-order valence-corrected chi connectivity index (χ2v) is 16.1. The Kier molecular flexibility index (Phi) is 43.2. The van der Waals surface area contributed by atoms with E-state index < -0.39 is 12.1 Å². The number of allylic oxidation sites excluding steroid dienone is 6. The summed E-state index contributed by atoms with van der Waals surface area (Å²) < 4.78 is 5.41. The summed E-state index contributed by atoms with van der Waals surface area (Å²) in [6, 6.07) is -0.567. The van der Waals surface area contributed by atoms with E-state index in [-0.39, 0.29) is 18.5 Å². The fourth-order valence-corrected chi connectivity index (χ4v) is 6.94. The van der Waals surface area contributed by atoms with Crippen molar-refractivity contribution >= 4 is 11.9 Å². The maximum Gasteiger partial charge on any atom is 0.305 e. The van der Waals surface area contributed by atoms with Crippen molar-refractivity contribution in [3.8, 4) is 0 Å². The standard InChI is InChI=1S/C49H91NO5/c1-3-5-7-9-11-13-15-17-19-21-25-29-33-37-41-47(52)46(45-51)50-48(53)42-38-34-30-26-23-24-28-32-36-40-44-55-49(54)43-39-35-31-27-22-20-18-16-14-12-10-8-6-4-2/h10,12,16,18,24,28,46-47,51-52H,3-9,11,13-15,17,19-23,25-27,29-45H2,1-2H3,(H,50,53)/b12-10-,18-16-,28-24-. The number of hydrogen-bond donors (Lipinski definition) is 3. The maximum atomic E-state index is 12.4. The summed E-state index contributed by atoms with van der Waals surface area (Å²) in [7, 11) is 0. The lowest BCUT2D eigenvalue weighted by molar-refractivity contribution is -0.143. The number of rotatable bonds is 43. The fraction of sp³-hybridized carbons (Fsp3) is 0.837. The summed E-state index contributed by atoms with van der Waals surface area (Å²) in [6.45, 7) is 4.80. The summed E-state index contributed by atoms with van der Waals surface area (Å²) >= 11 is 0. The van der Waals surface area contributed by atoms with Crippen LogP contribution >= 0.6 is 0 Å². The number of carbonyl (C=O) groups excluding carboxylic acids is 2. The molecule has 0 spiro atoms. The predicted octanol–water partition coefficient (Wildman–Crippen LogP) is 13.7. The summed E-state index contributed by atoms with van der Waals surface area (Å²) in [6.07, 6.45) is 52.4. The van der Waals surface area contributed by atoms with Gasteiger partial charge < -0.3 is 20.3 Å². The first-order chi connectivity index (χ1) is 27.0. The van der Waals surface area contributed by atoms with E-state index in [0.29, 0.717) is 25.9 Å². The first kappa shape index (κ1) is 53.1. The minimum atomic E-state index is -0.686. The van der Waals surface area contributed by atoms with Crippen LogP contribution in [-0.2, 0) is 14.3 Å². The van der Waals surface area contributed by atoms with Gasteiger partial charge in [-0.1, -0.05) is 185 Å². The number of nitrogens with one attached hydrogen (secondary N) is 1. The number of ether oxygens (including phenoxy) is 1. The highest BCUT2D eigenvalue weighted by atomic mass is 16.5. The second kappa shape index (κ2) is 44.8. The van der Waals surface area contributed by atoms with Gasteiger partial charge in [-0.3, -0.25) is 9.59 Å². The van der Waals surface area contributed by atoms with Gasteiger partial charge in [-0.2, -0.15) is 0 Å². The Morgan fingerprint density at radius 3 is 1.45 bits per heavy atom. The van der Waals surface area contributed by atoms with Crippen molar-refractivity contribution in [1.29, 1.82) is 0 Å². The highest BCUT2D eigenvalue weighted by molar-refractivity contribution is 5.76. The number of hydrogen-bond acceptors (Lipinski definition) is 5. The van der Waals surface area contributed by atoms with Crippen LogP contribution in [0.2, 0.25) is 0 Å². The molecule has 0 aliphatic rings. The smallest absolute Gasteiger partial charge is 0.305 e. The molecule has 0 aromatic heterocycles.